The fourth-order valence-corrected chi connectivity index (χ4v) is 1.83. The van der Waals surface area contributed by atoms with Crippen LogP contribution in [0, 0.1) is 0 Å². The molecule has 0 bridgehead atoms. The van der Waals surface area contributed by atoms with E-state index >= 15 is 0 Å². The summed E-state index contributed by atoms with van der Waals surface area (Å²) in [5.74, 6) is 0.796. The first-order chi connectivity index (χ1) is 9.31. The van der Waals surface area contributed by atoms with E-state index in [1.54, 1.807) is 0 Å². The maximum absolute atomic E-state index is 4.67. The van der Waals surface area contributed by atoms with Crippen LogP contribution in [-0.2, 0) is 0 Å². The topological polar surface area (TPSA) is 24.7 Å². The van der Waals surface area contributed by atoms with Gasteiger partial charge in [0.1, 0.15) is 0 Å². The Morgan fingerprint density at radius 3 is 1.89 bits per heavy atom. The van der Waals surface area contributed by atoms with Gasteiger partial charge < -0.3 is 0 Å². The Hall–Kier alpha value is -2.22. The van der Waals surface area contributed by atoms with Crippen molar-refractivity contribution in [1.29, 1.82) is 0 Å². The van der Waals surface area contributed by atoms with Gasteiger partial charge in [-0.25, -0.2) is 4.99 Å². The fourth-order valence-electron chi connectivity index (χ4n) is 1.83. The molecule has 2 aromatic carbocycles. The molecule has 2 rings (SSSR count). The van der Waals surface area contributed by atoms with Gasteiger partial charge in [0, 0.05) is 17.8 Å². The Morgan fingerprint density at radius 2 is 1.37 bits per heavy atom. The maximum atomic E-state index is 4.67. The molecule has 0 aliphatic rings. The van der Waals surface area contributed by atoms with Gasteiger partial charge in [0.05, 0.1) is 0 Å². The van der Waals surface area contributed by atoms with Gasteiger partial charge >= 0.3 is 0 Å². The minimum absolute atomic E-state index is 0.732. The third-order valence-corrected chi connectivity index (χ3v) is 2.81. The lowest BCUT2D eigenvalue weighted by Crippen LogP contribution is -2.04. The van der Waals surface area contributed by atoms with Crippen molar-refractivity contribution in [3.05, 3.63) is 71.8 Å². The van der Waals surface area contributed by atoms with Crippen molar-refractivity contribution in [2.45, 2.75) is 13.8 Å². The summed E-state index contributed by atoms with van der Waals surface area (Å²) in [6.45, 7) is 4.77. The van der Waals surface area contributed by atoms with Crippen molar-refractivity contribution in [3.63, 3.8) is 0 Å². The van der Waals surface area contributed by atoms with E-state index in [9.17, 15) is 0 Å². The molecular formula is C17H18N2. The lowest BCUT2D eigenvalue weighted by Gasteiger charge is -2.04. The molecule has 96 valence electrons. The molecule has 0 N–H and O–H groups in total. The molecule has 0 fully saturated rings. The lowest BCUT2D eigenvalue weighted by atomic mass is 10.1. The molecule has 0 heterocycles. The quantitative estimate of drug-likeness (QED) is 0.582. The second-order valence-electron chi connectivity index (χ2n) is 4.23. The monoisotopic (exact) mass is 250 g/mol. The van der Waals surface area contributed by atoms with Gasteiger partial charge in [0.25, 0.3) is 0 Å². The van der Waals surface area contributed by atoms with Crippen LogP contribution in [0.3, 0.4) is 0 Å². The first kappa shape index (κ1) is 13.2. The highest BCUT2D eigenvalue weighted by Gasteiger charge is 2.02. The van der Waals surface area contributed by atoms with E-state index in [0.29, 0.717) is 0 Å². The summed E-state index contributed by atoms with van der Waals surface area (Å²) in [6.07, 6.45) is 0. The predicted molar refractivity (Wildman–Crippen MR) is 82.2 cm³/mol. The second-order valence-corrected chi connectivity index (χ2v) is 4.23. The molecular weight excluding hydrogens is 232 g/mol. The van der Waals surface area contributed by atoms with Gasteiger partial charge in [0.2, 0.25) is 0 Å². The summed E-state index contributed by atoms with van der Waals surface area (Å²) < 4.78 is 0. The molecule has 0 aliphatic heterocycles. The Balaban J connectivity index is 2.35. The zero-order valence-corrected chi connectivity index (χ0v) is 11.4. The van der Waals surface area contributed by atoms with Crippen molar-refractivity contribution in [2.24, 2.45) is 9.98 Å². The highest BCUT2D eigenvalue weighted by Crippen LogP contribution is 2.07. The lowest BCUT2D eigenvalue weighted by molar-refractivity contribution is 1.12. The first-order valence-corrected chi connectivity index (χ1v) is 6.52. The van der Waals surface area contributed by atoms with Gasteiger partial charge in [0.15, 0.2) is 5.84 Å². The van der Waals surface area contributed by atoms with Gasteiger partial charge in [-0.15, -0.1) is 0 Å². The highest BCUT2D eigenvalue weighted by molar-refractivity contribution is 6.11. The van der Waals surface area contributed by atoms with Crippen LogP contribution in [0.15, 0.2) is 70.6 Å². The van der Waals surface area contributed by atoms with Crippen molar-refractivity contribution in [3.8, 4) is 0 Å². The van der Waals surface area contributed by atoms with Crippen LogP contribution in [0.25, 0.3) is 0 Å². The number of amidine groups is 1. The van der Waals surface area contributed by atoms with Crippen LogP contribution in [0.2, 0.25) is 0 Å². The molecule has 0 spiro atoms. The largest absolute Gasteiger partial charge is 0.267 e. The molecule has 2 heteroatoms. The first-order valence-electron chi connectivity index (χ1n) is 6.52. The highest BCUT2D eigenvalue weighted by atomic mass is 14.9. The van der Waals surface area contributed by atoms with E-state index < -0.39 is 0 Å². The van der Waals surface area contributed by atoms with Gasteiger partial charge in [-0.05, 0) is 19.4 Å². The van der Waals surface area contributed by atoms with Crippen LogP contribution in [0.1, 0.15) is 25.0 Å². The number of benzene rings is 2. The zero-order valence-electron chi connectivity index (χ0n) is 11.4. The maximum Gasteiger partial charge on any atom is 0.154 e. The molecule has 0 unspecified atom stereocenters. The third-order valence-electron chi connectivity index (χ3n) is 2.81. The van der Waals surface area contributed by atoms with Crippen molar-refractivity contribution >= 4 is 11.5 Å². The van der Waals surface area contributed by atoms with Crippen molar-refractivity contribution < 1.29 is 0 Å². The summed E-state index contributed by atoms with van der Waals surface area (Å²) >= 11 is 0. The van der Waals surface area contributed by atoms with Gasteiger partial charge in [-0.3, -0.25) is 4.99 Å². The molecule has 0 aromatic heterocycles. The third kappa shape index (κ3) is 3.62. The number of hydrogen-bond acceptors (Lipinski definition) is 1. The minimum atomic E-state index is 0.732. The van der Waals surface area contributed by atoms with Gasteiger partial charge in [-0.2, -0.15) is 0 Å². The van der Waals surface area contributed by atoms with Crippen LogP contribution >= 0.6 is 0 Å². The van der Waals surface area contributed by atoms with E-state index in [1.807, 2.05) is 62.4 Å². The molecule has 0 saturated heterocycles. The van der Waals surface area contributed by atoms with Crippen LogP contribution in [-0.4, -0.2) is 18.1 Å². The molecule has 0 radical (unpaired) electrons. The number of nitrogens with zero attached hydrogens (tertiary/aromatic N) is 2. The molecule has 19 heavy (non-hydrogen) atoms. The molecule has 0 atom stereocenters. The Kier molecular flexibility index (Phi) is 4.62. The predicted octanol–water partition coefficient (Wildman–Crippen LogP) is 3.96. The van der Waals surface area contributed by atoms with E-state index in [0.717, 1.165) is 29.2 Å². The smallest absolute Gasteiger partial charge is 0.154 e. The van der Waals surface area contributed by atoms with E-state index in [2.05, 4.69) is 22.1 Å². The van der Waals surface area contributed by atoms with E-state index in [1.165, 1.54) is 0 Å². The summed E-state index contributed by atoms with van der Waals surface area (Å²) in [4.78, 5) is 9.16. The number of rotatable bonds is 3. The fraction of sp³-hybridized carbons (Fsp3) is 0.176. The molecule has 0 amide bonds. The van der Waals surface area contributed by atoms with Crippen molar-refractivity contribution in [1.82, 2.24) is 0 Å². The summed E-state index contributed by atoms with van der Waals surface area (Å²) in [5, 5.41) is 0. The Morgan fingerprint density at radius 1 is 0.842 bits per heavy atom. The molecule has 0 saturated carbocycles. The Bertz CT molecular complexity index is 569. The van der Waals surface area contributed by atoms with Gasteiger partial charge in [-0.1, -0.05) is 60.7 Å². The van der Waals surface area contributed by atoms with Crippen LogP contribution in [0.4, 0.5) is 0 Å². The van der Waals surface area contributed by atoms with Crippen LogP contribution < -0.4 is 0 Å². The number of hydrogen-bond donors (Lipinski definition) is 0. The van der Waals surface area contributed by atoms with E-state index in [4.69, 9.17) is 0 Å². The molecule has 0 aliphatic carbocycles. The average Bonchev–Trinajstić information content (AvgIpc) is 2.48. The second kappa shape index (κ2) is 6.64. The summed E-state index contributed by atoms with van der Waals surface area (Å²) in [7, 11) is 0. The Labute approximate surface area is 114 Å². The standard InChI is InChI=1S/C17H18N2/c1-3-18-17(16-12-8-5-9-13-16)19-14(2)15-10-6-4-7-11-15/h4-13H,3H2,1-2H3. The number of aliphatic imine (C=N–C) groups is 2. The molecule has 2 nitrogen and oxygen atoms in total. The average molecular weight is 250 g/mol. The SMILES string of the molecule is CCN=C(N=C(C)c1ccccc1)c1ccccc1. The van der Waals surface area contributed by atoms with E-state index in [-0.39, 0.29) is 0 Å². The minimum Gasteiger partial charge on any atom is -0.267 e. The van der Waals surface area contributed by atoms with Crippen molar-refractivity contribution in [2.75, 3.05) is 6.54 Å². The zero-order chi connectivity index (χ0) is 13.5. The van der Waals surface area contributed by atoms with Crippen LogP contribution in [0.5, 0.6) is 0 Å². The molecule has 2 aromatic rings. The summed E-state index contributed by atoms with van der Waals surface area (Å²) in [5.41, 5.74) is 3.17. The normalized spacial score (nSPS) is 12.5. The summed E-state index contributed by atoms with van der Waals surface area (Å²) in [6, 6.07) is 20.3.